The van der Waals surface area contributed by atoms with E-state index in [4.69, 9.17) is 0 Å². The van der Waals surface area contributed by atoms with Crippen molar-refractivity contribution < 1.29 is 8.78 Å². The van der Waals surface area contributed by atoms with Crippen LogP contribution >= 0.6 is 0 Å². The first kappa shape index (κ1) is 19.1. The molecule has 0 fully saturated rings. The lowest BCUT2D eigenvalue weighted by atomic mass is 9.69. The number of benzene rings is 3. The zero-order chi connectivity index (χ0) is 19.5. The van der Waals surface area contributed by atoms with Crippen LogP contribution in [0.1, 0.15) is 68.1 Å². The summed E-state index contributed by atoms with van der Waals surface area (Å²) >= 11 is 0. The van der Waals surface area contributed by atoms with Crippen LogP contribution in [0.2, 0.25) is 0 Å². The highest BCUT2D eigenvalue weighted by atomic mass is 19.2. The summed E-state index contributed by atoms with van der Waals surface area (Å²) in [5.74, 6) is -0.881. The molecule has 0 saturated carbocycles. The number of halogens is 2. The van der Waals surface area contributed by atoms with E-state index in [2.05, 4.69) is 43.3 Å². The van der Waals surface area contributed by atoms with E-state index in [9.17, 15) is 8.78 Å². The summed E-state index contributed by atoms with van der Waals surface area (Å²) in [6.45, 7) is 2.23. The lowest BCUT2D eigenvalue weighted by Crippen LogP contribution is -2.22. The van der Waals surface area contributed by atoms with E-state index in [1.807, 2.05) is 0 Å². The van der Waals surface area contributed by atoms with Crippen LogP contribution in [0.25, 0.3) is 10.8 Å². The molecular weight excluding hydrogens is 350 g/mol. The van der Waals surface area contributed by atoms with Crippen LogP contribution in [0.3, 0.4) is 0 Å². The molecule has 1 aliphatic carbocycles. The number of unbranched alkanes of at least 4 members (excludes halogenated alkanes) is 3. The van der Waals surface area contributed by atoms with Crippen molar-refractivity contribution in [3.8, 4) is 0 Å². The predicted molar refractivity (Wildman–Crippen MR) is 113 cm³/mol. The van der Waals surface area contributed by atoms with Gasteiger partial charge in [-0.2, -0.15) is 0 Å². The van der Waals surface area contributed by atoms with Gasteiger partial charge in [0.1, 0.15) is 0 Å². The van der Waals surface area contributed by atoms with E-state index in [1.165, 1.54) is 59.7 Å². The molecule has 0 saturated heterocycles. The average molecular weight is 379 g/mol. The van der Waals surface area contributed by atoms with Gasteiger partial charge in [-0.05, 0) is 64.8 Å². The van der Waals surface area contributed by atoms with Crippen molar-refractivity contribution in [2.24, 2.45) is 5.92 Å². The molecule has 0 heterocycles. The Balaban J connectivity index is 1.76. The fourth-order valence-electron chi connectivity index (χ4n) is 4.98. The normalized spacial score (nSPS) is 19.0. The lowest BCUT2D eigenvalue weighted by Gasteiger charge is -2.35. The summed E-state index contributed by atoms with van der Waals surface area (Å²) in [4.78, 5) is 0. The molecule has 3 aromatic carbocycles. The second kappa shape index (κ2) is 8.43. The van der Waals surface area contributed by atoms with Crippen LogP contribution in [0.5, 0.6) is 0 Å². The van der Waals surface area contributed by atoms with Gasteiger partial charge in [0.25, 0.3) is 0 Å². The minimum Gasteiger partial charge on any atom is -0.204 e. The Morgan fingerprint density at radius 1 is 0.893 bits per heavy atom. The molecule has 2 heteroatoms. The quantitative estimate of drug-likeness (QED) is 0.384. The van der Waals surface area contributed by atoms with Crippen molar-refractivity contribution in [2.75, 3.05) is 0 Å². The molecule has 0 unspecified atom stereocenters. The number of fused-ring (bicyclic) bond motifs is 3. The summed E-state index contributed by atoms with van der Waals surface area (Å²) in [5, 5.41) is 2.56. The van der Waals surface area contributed by atoms with Gasteiger partial charge in [-0.3, -0.25) is 0 Å². The fourth-order valence-corrected chi connectivity index (χ4v) is 4.98. The van der Waals surface area contributed by atoms with Crippen molar-refractivity contribution in [1.82, 2.24) is 0 Å². The maximum Gasteiger partial charge on any atom is 0.159 e. The molecular formula is C26H28F2. The summed E-state index contributed by atoms with van der Waals surface area (Å²) in [6, 6.07) is 17.4. The average Bonchev–Trinajstić information content (AvgIpc) is 2.72. The fraction of sp³-hybridized carbons (Fsp3) is 0.385. The van der Waals surface area contributed by atoms with Crippen molar-refractivity contribution >= 4 is 10.8 Å². The Bertz CT molecular complexity index is 960. The second-order valence-electron chi connectivity index (χ2n) is 8.15. The minimum atomic E-state index is -0.766. The largest absolute Gasteiger partial charge is 0.204 e. The van der Waals surface area contributed by atoms with Gasteiger partial charge in [0, 0.05) is 5.92 Å². The lowest BCUT2D eigenvalue weighted by molar-refractivity contribution is 0.366. The smallest absolute Gasteiger partial charge is 0.159 e. The first-order chi connectivity index (χ1) is 13.7. The molecule has 1 aliphatic rings. The zero-order valence-corrected chi connectivity index (χ0v) is 16.6. The standard InChI is InChI=1S/C26H28F2/c1-2-3-4-5-9-19-12-14-22-21-10-7-6-8-18(21)11-15-23(22)26(19)20-13-16-24(27)25(28)17-20/h6-8,10-11,13,15-17,19,26H,2-5,9,12,14H2,1H3/t19-,26-/m1/s1. The van der Waals surface area contributed by atoms with Crippen molar-refractivity contribution in [2.45, 2.75) is 57.8 Å². The van der Waals surface area contributed by atoms with Crippen LogP contribution < -0.4 is 0 Å². The van der Waals surface area contributed by atoms with Gasteiger partial charge in [-0.15, -0.1) is 0 Å². The third-order valence-electron chi connectivity index (χ3n) is 6.38. The third kappa shape index (κ3) is 3.70. The molecule has 0 nitrogen and oxygen atoms in total. The van der Waals surface area contributed by atoms with Gasteiger partial charge in [-0.25, -0.2) is 8.78 Å². The monoisotopic (exact) mass is 378 g/mol. The molecule has 0 aromatic heterocycles. The minimum absolute atomic E-state index is 0.144. The maximum atomic E-state index is 14.1. The van der Waals surface area contributed by atoms with E-state index < -0.39 is 11.6 Å². The highest BCUT2D eigenvalue weighted by Crippen LogP contribution is 2.45. The van der Waals surface area contributed by atoms with Gasteiger partial charge in [-0.1, -0.05) is 75.1 Å². The van der Waals surface area contributed by atoms with E-state index in [1.54, 1.807) is 6.07 Å². The van der Waals surface area contributed by atoms with E-state index >= 15 is 0 Å². The first-order valence-corrected chi connectivity index (χ1v) is 10.6. The van der Waals surface area contributed by atoms with Crippen LogP contribution in [0.15, 0.2) is 54.6 Å². The van der Waals surface area contributed by atoms with E-state index in [0.717, 1.165) is 24.8 Å². The van der Waals surface area contributed by atoms with Gasteiger partial charge in [0.05, 0.1) is 0 Å². The summed E-state index contributed by atoms with van der Waals surface area (Å²) in [7, 11) is 0. The van der Waals surface area contributed by atoms with Crippen LogP contribution in [-0.2, 0) is 6.42 Å². The molecule has 0 radical (unpaired) electrons. The number of rotatable bonds is 6. The summed E-state index contributed by atoms with van der Waals surface area (Å²) in [5.41, 5.74) is 3.60. The molecule has 146 valence electrons. The SMILES string of the molecule is CCCCCC[C@@H]1CCc2c(ccc3ccccc23)[C@H]1c1ccc(F)c(F)c1. The first-order valence-electron chi connectivity index (χ1n) is 10.6. The maximum absolute atomic E-state index is 14.1. The van der Waals surface area contributed by atoms with E-state index in [0.29, 0.717) is 5.92 Å². The Labute approximate surface area is 166 Å². The molecule has 0 N–H and O–H groups in total. The third-order valence-corrected chi connectivity index (χ3v) is 6.38. The molecule has 0 aliphatic heterocycles. The Hall–Kier alpha value is -2.22. The topological polar surface area (TPSA) is 0 Å². The van der Waals surface area contributed by atoms with E-state index in [-0.39, 0.29) is 5.92 Å². The molecule has 28 heavy (non-hydrogen) atoms. The van der Waals surface area contributed by atoms with Gasteiger partial charge in [0.2, 0.25) is 0 Å². The van der Waals surface area contributed by atoms with Crippen LogP contribution in [0.4, 0.5) is 8.78 Å². The van der Waals surface area contributed by atoms with Crippen molar-refractivity contribution in [1.29, 1.82) is 0 Å². The second-order valence-corrected chi connectivity index (χ2v) is 8.15. The molecule has 0 spiro atoms. The molecule has 0 amide bonds. The summed E-state index contributed by atoms with van der Waals surface area (Å²) in [6.07, 6.45) is 8.28. The predicted octanol–water partition coefficient (Wildman–Crippen LogP) is 7.78. The van der Waals surface area contributed by atoms with Crippen LogP contribution in [0, 0.1) is 17.6 Å². The summed E-state index contributed by atoms with van der Waals surface area (Å²) < 4.78 is 27.6. The Kier molecular flexibility index (Phi) is 5.75. The molecule has 0 bridgehead atoms. The number of hydrogen-bond donors (Lipinski definition) is 0. The van der Waals surface area contributed by atoms with Crippen molar-refractivity contribution in [3.63, 3.8) is 0 Å². The number of aryl methyl sites for hydroxylation is 1. The molecule has 4 rings (SSSR count). The Morgan fingerprint density at radius 2 is 1.75 bits per heavy atom. The van der Waals surface area contributed by atoms with Crippen molar-refractivity contribution in [3.05, 3.63) is 82.9 Å². The van der Waals surface area contributed by atoms with Gasteiger partial charge in [0.15, 0.2) is 11.6 Å². The zero-order valence-electron chi connectivity index (χ0n) is 16.6. The highest BCUT2D eigenvalue weighted by molar-refractivity contribution is 5.87. The van der Waals surface area contributed by atoms with Crippen LogP contribution in [-0.4, -0.2) is 0 Å². The molecule has 2 atom stereocenters. The number of hydrogen-bond acceptors (Lipinski definition) is 0. The molecule has 3 aromatic rings. The highest BCUT2D eigenvalue weighted by Gasteiger charge is 2.31. The van der Waals surface area contributed by atoms with Gasteiger partial charge >= 0.3 is 0 Å². The Morgan fingerprint density at radius 3 is 2.57 bits per heavy atom. The van der Waals surface area contributed by atoms with Gasteiger partial charge < -0.3 is 0 Å².